The Kier molecular flexibility index (Phi) is 3.48. The minimum atomic E-state index is -1.19. The molecule has 0 aliphatic carbocycles. The highest BCUT2D eigenvalue weighted by molar-refractivity contribution is 6.31. The number of anilines is 1. The van der Waals surface area contributed by atoms with Crippen LogP contribution in [0.1, 0.15) is 0 Å². The highest BCUT2D eigenvalue weighted by Gasteiger charge is 2.09. The molecule has 92 valence electrons. The van der Waals surface area contributed by atoms with Crippen molar-refractivity contribution in [3.05, 3.63) is 53.3 Å². The number of hydrogen-bond acceptors (Lipinski definition) is 1. The molecular formula is C13H9ClFNO2. The number of halogens is 2. The lowest BCUT2D eigenvalue weighted by Gasteiger charge is -2.10. The normalized spacial score (nSPS) is 10.1. The fraction of sp³-hybridized carbons (Fsp3) is 0. The summed E-state index contributed by atoms with van der Waals surface area (Å²) in [5.74, 6) is -0.395. The molecule has 2 N–H and O–H groups in total. The molecule has 1 amide bonds. The van der Waals surface area contributed by atoms with Crippen LogP contribution in [0.25, 0.3) is 11.1 Å². The average Bonchev–Trinajstić information content (AvgIpc) is 2.31. The molecule has 0 radical (unpaired) electrons. The predicted molar refractivity (Wildman–Crippen MR) is 68.5 cm³/mol. The van der Waals surface area contributed by atoms with Crippen LogP contribution in [0.3, 0.4) is 0 Å². The number of nitrogens with one attached hydrogen (secondary N) is 1. The Labute approximate surface area is 108 Å². The van der Waals surface area contributed by atoms with E-state index in [9.17, 15) is 9.18 Å². The maximum atomic E-state index is 13.2. The molecule has 18 heavy (non-hydrogen) atoms. The number of benzene rings is 2. The molecule has 0 aromatic heterocycles. The summed E-state index contributed by atoms with van der Waals surface area (Å²) in [6, 6.07) is 10.6. The molecule has 0 atom stereocenters. The molecule has 3 nitrogen and oxygen atoms in total. The van der Waals surface area contributed by atoms with E-state index >= 15 is 0 Å². The van der Waals surface area contributed by atoms with Gasteiger partial charge in [-0.15, -0.1) is 0 Å². The van der Waals surface area contributed by atoms with Crippen molar-refractivity contribution in [3.8, 4) is 11.1 Å². The molecule has 0 aliphatic heterocycles. The van der Waals surface area contributed by atoms with E-state index in [0.717, 1.165) is 0 Å². The van der Waals surface area contributed by atoms with Gasteiger partial charge in [0.1, 0.15) is 5.82 Å². The van der Waals surface area contributed by atoms with Gasteiger partial charge in [0.05, 0.1) is 5.69 Å². The standard InChI is InChI=1S/C13H9ClFNO2/c14-9-4-5-12(16-13(17)18)11(7-9)8-2-1-3-10(15)6-8/h1-7,16H,(H,17,18). The monoisotopic (exact) mass is 265 g/mol. The summed E-state index contributed by atoms with van der Waals surface area (Å²) >= 11 is 5.87. The summed E-state index contributed by atoms with van der Waals surface area (Å²) in [5, 5.41) is 11.4. The second-order valence-electron chi connectivity index (χ2n) is 3.63. The average molecular weight is 266 g/mol. The molecule has 2 aromatic carbocycles. The number of amides is 1. The summed E-state index contributed by atoms with van der Waals surface area (Å²) in [6.45, 7) is 0. The molecule has 0 saturated heterocycles. The van der Waals surface area contributed by atoms with E-state index in [1.807, 2.05) is 0 Å². The summed E-state index contributed by atoms with van der Waals surface area (Å²) in [5.41, 5.74) is 1.45. The van der Waals surface area contributed by atoms with Gasteiger partial charge >= 0.3 is 6.09 Å². The highest BCUT2D eigenvalue weighted by Crippen LogP contribution is 2.31. The van der Waals surface area contributed by atoms with Gasteiger partial charge in [-0.2, -0.15) is 0 Å². The van der Waals surface area contributed by atoms with Gasteiger partial charge < -0.3 is 5.11 Å². The molecule has 0 aliphatic rings. The van der Waals surface area contributed by atoms with Gasteiger partial charge in [0.2, 0.25) is 0 Å². The molecular weight excluding hydrogens is 257 g/mol. The van der Waals surface area contributed by atoms with Crippen molar-refractivity contribution in [2.75, 3.05) is 5.32 Å². The second kappa shape index (κ2) is 5.06. The summed E-state index contributed by atoms with van der Waals surface area (Å²) in [6.07, 6.45) is -1.19. The zero-order valence-corrected chi connectivity index (χ0v) is 9.91. The third kappa shape index (κ3) is 2.78. The van der Waals surface area contributed by atoms with Crippen molar-refractivity contribution in [2.24, 2.45) is 0 Å². The third-order valence-corrected chi connectivity index (χ3v) is 2.59. The first kappa shape index (κ1) is 12.4. The maximum Gasteiger partial charge on any atom is 0.409 e. The molecule has 5 heteroatoms. The molecule has 2 rings (SSSR count). The van der Waals surface area contributed by atoms with E-state index in [4.69, 9.17) is 16.7 Å². The minimum Gasteiger partial charge on any atom is -0.465 e. The molecule has 0 heterocycles. The van der Waals surface area contributed by atoms with Crippen molar-refractivity contribution >= 4 is 23.4 Å². The van der Waals surface area contributed by atoms with Gasteiger partial charge in [-0.25, -0.2) is 9.18 Å². The van der Waals surface area contributed by atoms with Crippen molar-refractivity contribution < 1.29 is 14.3 Å². The van der Waals surface area contributed by atoms with Gasteiger partial charge in [0, 0.05) is 10.6 Å². The predicted octanol–water partition coefficient (Wildman–Crippen LogP) is 4.24. The van der Waals surface area contributed by atoms with Gasteiger partial charge in [-0.05, 0) is 35.9 Å². The Morgan fingerprint density at radius 3 is 2.67 bits per heavy atom. The van der Waals surface area contributed by atoms with E-state index in [-0.39, 0.29) is 0 Å². The first-order valence-corrected chi connectivity index (χ1v) is 5.49. The highest BCUT2D eigenvalue weighted by atomic mass is 35.5. The van der Waals surface area contributed by atoms with Crippen LogP contribution in [0, 0.1) is 5.82 Å². The molecule has 0 spiro atoms. The van der Waals surface area contributed by atoms with Crippen LogP contribution >= 0.6 is 11.6 Å². The van der Waals surface area contributed by atoms with Crippen LogP contribution < -0.4 is 5.32 Å². The van der Waals surface area contributed by atoms with Crippen LogP contribution in [0.5, 0.6) is 0 Å². The first-order valence-electron chi connectivity index (χ1n) is 5.12. The smallest absolute Gasteiger partial charge is 0.409 e. The van der Waals surface area contributed by atoms with Gasteiger partial charge in [-0.3, -0.25) is 5.32 Å². The lowest BCUT2D eigenvalue weighted by atomic mass is 10.0. The SMILES string of the molecule is O=C(O)Nc1ccc(Cl)cc1-c1cccc(F)c1. The Morgan fingerprint density at radius 2 is 2.00 bits per heavy atom. The lowest BCUT2D eigenvalue weighted by molar-refractivity contribution is 0.210. The first-order chi connectivity index (χ1) is 8.56. The van der Waals surface area contributed by atoms with Crippen LogP contribution in [0.4, 0.5) is 14.9 Å². The fourth-order valence-electron chi connectivity index (χ4n) is 1.64. The Hall–Kier alpha value is -2.07. The zero-order valence-electron chi connectivity index (χ0n) is 9.15. The number of hydrogen-bond donors (Lipinski definition) is 2. The van der Waals surface area contributed by atoms with Crippen LogP contribution in [-0.4, -0.2) is 11.2 Å². The maximum absolute atomic E-state index is 13.2. The Morgan fingerprint density at radius 1 is 1.22 bits per heavy atom. The van der Waals surface area contributed by atoms with Crippen LogP contribution in [0.2, 0.25) is 5.02 Å². The molecule has 2 aromatic rings. The van der Waals surface area contributed by atoms with Crippen LogP contribution in [-0.2, 0) is 0 Å². The second-order valence-corrected chi connectivity index (χ2v) is 4.07. The molecule has 0 bridgehead atoms. The van der Waals surface area contributed by atoms with Crippen molar-refractivity contribution in [1.29, 1.82) is 0 Å². The molecule has 0 fully saturated rings. The molecule has 0 saturated carbocycles. The van der Waals surface area contributed by atoms with E-state index in [1.54, 1.807) is 24.3 Å². The van der Waals surface area contributed by atoms with E-state index in [1.165, 1.54) is 18.2 Å². The number of carbonyl (C=O) groups is 1. The minimum absolute atomic E-state index is 0.359. The quantitative estimate of drug-likeness (QED) is 0.853. The van der Waals surface area contributed by atoms with Crippen molar-refractivity contribution in [3.63, 3.8) is 0 Å². The largest absolute Gasteiger partial charge is 0.465 e. The van der Waals surface area contributed by atoms with E-state index in [2.05, 4.69) is 5.32 Å². The van der Waals surface area contributed by atoms with Crippen molar-refractivity contribution in [1.82, 2.24) is 0 Å². The number of rotatable bonds is 2. The summed E-state index contributed by atoms with van der Waals surface area (Å²) < 4.78 is 13.2. The Bertz CT molecular complexity index is 601. The van der Waals surface area contributed by atoms with E-state index in [0.29, 0.717) is 21.8 Å². The third-order valence-electron chi connectivity index (χ3n) is 2.36. The Balaban J connectivity index is 2.54. The molecule has 0 unspecified atom stereocenters. The summed E-state index contributed by atoms with van der Waals surface area (Å²) in [7, 11) is 0. The van der Waals surface area contributed by atoms with Gasteiger partial charge in [0.25, 0.3) is 0 Å². The lowest BCUT2D eigenvalue weighted by Crippen LogP contribution is -2.08. The van der Waals surface area contributed by atoms with Gasteiger partial charge in [-0.1, -0.05) is 23.7 Å². The van der Waals surface area contributed by atoms with Crippen molar-refractivity contribution in [2.45, 2.75) is 0 Å². The summed E-state index contributed by atoms with van der Waals surface area (Å²) in [4.78, 5) is 10.7. The fourth-order valence-corrected chi connectivity index (χ4v) is 1.81. The van der Waals surface area contributed by atoms with E-state index < -0.39 is 11.9 Å². The number of carboxylic acid groups (broad SMARTS) is 1. The zero-order chi connectivity index (χ0) is 13.1. The van der Waals surface area contributed by atoms with Crippen LogP contribution in [0.15, 0.2) is 42.5 Å². The topological polar surface area (TPSA) is 49.3 Å². The van der Waals surface area contributed by atoms with Gasteiger partial charge in [0.15, 0.2) is 0 Å².